The van der Waals surface area contributed by atoms with Gasteiger partial charge in [0.05, 0.1) is 12.1 Å². The quantitative estimate of drug-likeness (QED) is 0.853. The molecule has 2 aliphatic heterocycles. The van der Waals surface area contributed by atoms with Gasteiger partial charge in [0.1, 0.15) is 13.2 Å². The van der Waals surface area contributed by atoms with Crippen molar-refractivity contribution in [2.24, 2.45) is 9.98 Å². The van der Waals surface area contributed by atoms with E-state index in [1.165, 1.54) is 11.1 Å². The van der Waals surface area contributed by atoms with Gasteiger partial charge in [-0.2, -0.15) is 0 Å². The van der Waals surface area contributed by atoms with E-state index >= 15 is 0 Å². The third kappa shape index (κ3) is 3.87. The lowest BCUT2D eigenvalue weighted by atomic mass is 10.1. The van der Waals surface area contributed by atoms with Crippen molar-refractivity contribution in [1.29, 1.82) is 0 Å². The van der Waals surface area contributed by atoms with Gasteiger partial charge >= 0.3 is 0 Å². The number of amidine groups is 2. The predicted molar refractivity (Wildman–Crippen MR) is 102 cm³/mol. The number of nitrogens with zero attached hydrogens (tertiary/aromatic N) is 3. The molecule has 2 aliphatic rings. The van der Waals surface area contributed by atoms with Crippen LogP contribution in [0.15, 0.2) is 70.6 Å². The topological polar surface area (TPSA) is 46.4 Å². The van der Waals surface area contributed by atoms with Gasteiger partial charge in [-0.05, 0) is 24.0 Å². The highest BCUT2D eigenvalue weighted by atomic mass is 16.5. The molecule has 0 saturated carbocycles. The highest BCUT2D eigenvalue weighted by molar-refractivity contribution is 5.94. The Morgan fingerprint density at radius 3 is 1.62 bits per heavy atom. The molecule has 2 aromatic carbocycles. The number of aliphatic imine (C=N–C) groups is 2. The van der Waals surface area contributed by atoms with E-state index in [0.29, 0.717) is 25.3 Å². The Hall–Kier alpha value is -2.82. The molecule has 134 valence electrons. The largest absolute Gasteiger partial charge is 0.463 e. The number of hydrogen-bond acceptors (Lipinski definition) is 5. The molecular formula is C21H23N3O2. The van der Waals surface area contributed by atoms with Crippen molar-refractivity contribution in [2.45, 2.75) is 24.9 Å². The first-order valence-corrected chi connectivity index (χ1v) is 9.01. The molecule has 26 heavy (non-hydrogen) atoms. The van der Waals surface area contributed by atoms with Crippen molar-refractivity contribution < 1.29 is 9.47 Å². The lowest BCUT2D eigenvalue weighted by Gasteiger charge is -2.15. The molecule has 0 spiro atoms. The smallest absolute Gasteiger partial charge is 0.295 e. The van der Waals surface area contributed by atoms with Crippen LogP contribution in [0.1, 0.15) is 11.1 Å². The fraction of sp³-hybridized carbons (Fsp3) is 0.333. The van der Waals surface area contributed by atoms with E-state index in [0.717, 1.165) is 12.8 Å². The van der Waals surface area contributed by atoms with Crippen LogP contribution in [0.3, 0.4) is 0 Å². The molecule has 0 amide bonds. The van der Waals surface area contributed by atoms with Gasteiger partial charge in [0.25, 0.3) is 12.0 Å². The summed E-state index contributed by atoms with van der Waals surface area (Å²) in [6.45, 7) is 1.19. The Morgan fingerprint density at radius 2 is 1.19 bits per heavy atom. The van der Waals surface area contributed by atoms with Crippen LogP contribution in [0.25, 0.3) is 0 Å². The van der Waals surface area contributed by atoms with Crippen LogP contribution in [0, 0.1) is 0 Å². The Kier molecular flexibility index (Phi) is 4.86. The van der Waals surface area contributed by atoms with Crippen molar-refractivity contribution in [3.05, 3.63) is 71.8 Å². The van der Waals surface area contributed by atoms with Crippen LogP contribution < -0.4 is 0 Å². The molecule has 2 heterocycles. The van der Waals surface area contributed by atoms with E-state index in [-0.39, 0.29) is 12.1 Å². The van der Waals surface area contributed by atoms with Crippen LogP contribution >= 0.6 is 0 Å². The molecule has 0 fully saturated rings. The Morgan fingerprint density at radius 1 is 0.769 bits per heavy atom. The predicted octanol–water partition coefficient (Wildman–Crippen LogP) is 2.91. The van der Waals surface area contributed by atoms with E-state index in [2.05, 4.69) is 48.5 Å². The SMILES string of the molecule is CN(C1=N[C@@H](Cc2ccccc2)CO1)C1=N[C@@H](Cc2ccccc2)CO1. The van der Waals surface area contributed by atoms with Crippen molar-refractivity contribution in [2.75, 3.05) is 20.3 Å². The summed E-state index contributed by atoms with van der Waals surface area (Å²) in [5, 5.41) is 0. The van der Waals surface area contributed by atoms with Gasteiger partial charge in [-0.3, -0.25) is 4.90 Å². The molecule has 0 unspecified atom stereocenters. The minimum atomic E-state index is 0.136. The second-order valence-corrected chi connectivity index (χ2v) is 6.69. The molecule has 5 heteroatoms. The minimum Gasteiger partial charge on any atom is -0.463 e. The molecule has 4 rings (SSSR count). The number of rotatable bonds is 4. The molecule has 5 nitrogen and oxygen atoms in total. The maximum atomic E-state index is 5.78. The van der Waals surface area contributed by atoms with Crippen molar-refractivity contribution >= 4 is 12.0 Å². The van der Waals surface area contributed by atoms with E-state index < -0.39 is 0 Å². The van der Waals surface area contributed by atoms with Gasteiger partial charge in [-0.1, -0.05) is 60.7 Å². The third-order valence-electron chi connectivity index (χ3n) is 4.60. The van der Waals surface area contributed by atoms with Crippen molar-refractivity contribution in [1.82, 2.24) is 4.90 Å². The molecule has 0 saturated heterocycles. The molecular weight excluding hydrogens is 326 g/mol. The summed E-state index contributed by atoms with van der Waals surface area (Å²) in [4.78, 5) is 11.2. The van der Waals surface area contributed by atoms with E-state index in [1.807, 2.05) is 24.1 Å². The van der Waals surface area contributed by atoms with E-state index in [4.69, 9.17) is 19.5 Å². The summed E-state index contributed by atoms with van der Waals surface area (Å²) < 4.78 is 11.6. The maximum Gasteiger partial charge on any atom is 0.295 e. The average molecular weight is 349 g/mol. The number of benzene rings is 2. The summed E-state index contributed by atoms with van der Waals surface area (Å²) in [6, 6.07) is 22.2. The van der Waals surface area contributed by atoms with E-state index in [1.54, 1.807) is 0 Å². The summed E-state index contributed by atoms with van der Waals surface area (Å²) in [7, 11) is 1.90. The fourth-order valence-electron chi connectivity index (χ4n) is 3.23. The fourth-order valence-corrected chi connectivity index (χ4v) is 3.23. The second kappa shape index (κ2) is 7.60. The van der Waals surface area contributed by atoms with Crippen molar-refractivity contribution in [3.8, 4) is 0 Å². The van der Waals surface area contributed by atoms with Gasteiger partial charge in [-0.25, -0.2) is 9.98 Å². The monoisotopic (exact) mass is 349 g/mol. The zero-order chi connectivity index (χ0) is 17.8. The molecule has 2 atom stereocenters. The van der Waals surface area contributed by atoms with Gasteiger partial charge in [-0.15, -0.1) is 0 Å². The molecule has 0 aromatic heterocycles. The maximum absolute atomic E-state index is 5.78. The zero-order valence-corrected chi connectivity index (χ0v) is 14.9. The lowest BCUT2D eigenvalue weighted by molar-refractivity contribution is 0.255. The van der Waals surface area contributed by atoms with Gasteiger partial charge in [0.2, 0.25) is 0 Å². The van der Waals surface area contributed by atoms with Crippen molar-refractivity contribution in [3.63, 3.8) is 0 Å². The third-order valence-corrected chi connectivity index (χ3v) is 4.60. The van der Waals surface area contributed by atoms with Gasteiger partial charge < -0.3 is 9.47 Å². The summed E-state index contributed by atoms with van der Waals surface area (Å²) in [6.07, 6.45) is 1.75. The molecule has 0 radical (unpaired) electrons. The normalized spacial score (nSPS) is 21.6. The Labute approximate surface area is 154 Å². The number of ether oxygens (including phenoxy) is 2. The Balaban J connectivity index is 1.37. The molecule has 0 N–H and O–H groups in total. The summed E-state index contributed by atoms with van der Waals surface area (Å²) >= 11 is 0. The van der Waals surface area contributed by atoms with Gasteiger partial charge in [0, 0.05) is 7.05 Å². The molecule has 0 bridgehead atoms. The van der Waals surface area contributed by atoms with Crippen LogP contribution in [0.4, 0.5) is 0 Å². The lowest BCUT2D eigenvalue weighted by Crippen LogP contribution is -2.33. The molecule has 2 aromatic rings. The zero-order valence-electron chi connectivity index (χ0n) is 14.9. The van der Waals surface area contributed by atoms with Crippen LogP contribution in [0.2, 0.25) is 0 Å². The summed E-state index contributed by atoms with van der Waals surface area (Å²) in [5.41, 5.74) is 2.54. The minimum absolute atomic E-state index is 0.136. The van der Waals surface area contributed by atoms with Crippen LogP contribution in [-0.2, 0) is 22.3 Å². The summed E-state index contributed by atoms with van der Waals surface area (Å²) in [5.74, 6) is 0. The molecule has 0 aliphatic carbocycles. The first-order valence-electron chi connectivity index (χ1n) is 9.01. The highest BCUT2D eigenvalue weighted by Gasteiger charge is 2.29. The first-order chi connectivity index (χ1) is 12.8. The highest BCUT2D eigenvalue weighted by Crippen LogP contribution is 2.17. The van der Waals surface area contributed by atoms with Crippen LogP contribution in [0.5, 0.6) is 0 Å². The standard InChI is InChI=1S/C21H23N3O2/c1-24(20-22-18(14-25-20)12-16-8-4-2-5-9-16)21-23-19(15-26-21)13-17-10-6-3-7-11-17/h2-11,18-19H,12-15H2,1H3/t18-,19-/m0/s1. The Bertz CT molecular complexity index is 722. The van der Waals surface area contributed by atoms with Gasteiger partial charge in [0.15, 0.2) is 0 Å². The first kappa shape index (κ1) is 16.6. The van der Waals surface area contributed by atoms with E-state index in [9.17, 15) is 0 Å². The number of hydrogen-bond donors (Lipinski definition) is 0. The van der Waals surface area contributed by atoms with Crippen LogP contribution in [-0.4, -0.2) is 49.3 Å². The average Bonchev–Trinajstić information content (AvgIpc) is 3.33. The second-order valence-electron chi connectivity index (χ2n) is 6.69.